The lowest BCUT2D eigenvalue weighted by molar-refractivity contribution is 0.0955. The molecule has 1 unspecified atom stereocenters. The summed E-state index contributed by atoms with van der Waals surface area (Å²) in [5.74, 6) is 4.95. The highest BCUT2D eigenvalue weighted by Gasteiger charge is 2.19. The van der Waals surface area contributed by atoms with E-state index in [2.05, 4.69) is 10.3 Å². The lowest BCUT2D eigenvalue weighted by Gasteiger charge is -2.30. The molecule has 2 rings (SSSR count). The van der Waals surface area contributed by atoms with Crippen LogP contribution in [-0.2, 0) is 6.54 Å². The van der Waals surface area contributed by atoms with Gasteiger partial charge in [0.1, 0.15) is 0 Å². The van der Waals surface area contributed by atoms with Crippen LogP contribution >= 0.6 is 11.3 Å². The van der Waals surface area contributed by atoms with Crippen LogP contribution in [0.5, 0.6) is 0 Å². The molecule has 1 aromatic rings. The third-order valence-electron chi connectivity index (χ3n) is 3.02. The average molecular weight is 254 g/mol. The fourth-order valence-electron chi connectivity index (χ4n) is 2.20. The molecule has 0 radical (unpaired) electrons. The Labute approximate surface area is 105 Å². The predicted octanol–water partition coefficient (Wildman–Crippen LogP) is 0.275. The van der Waals surface area contributed by atoms with E-state index in [0.717, 1.165) is 38.0 Å². The van der Waals surface area contributed by atoms with Crippen LogP contribution in [0.3, 0.4) is 0 Å². The molecule has 1 atom stereocenters. The second-order valence-corrected chi connectivity index (χ2v) is 5.30. The number of rotatable bonds is 3. The van der Waals surface area contributed by atoms with Crippen LogP contribution in [0.4, 0.5) is 0 Å². The molecule has 0 spiro atoms. The molecule has 1 fully saturated rings. The molecule has 6 heteroatoms. The van der Waals surface area contributed by atoms with Crippen molar-refractivity contribution in [2.45, 2.75) is 25.4 Å². The lowest BCUT2D eigenvalue weighted by atomic mass is 10.1. The normalized spacial score (nSPS) is 21.4. The summed E-state index contributed by atoms with van der Waals surface area (Å²) in [6.45, 7) is 2.73. The Balaban J connectivity index is 2.03. The molecule has 0 bridgehead atoms. The molecule has 94 valence electrons. The van der Waals surface area contributed by atoms with E-state index < -0.39 is 0 Å². The van der Waals surface area contributed by atoms with Gasteiger partial charge in [-0.25, -0.2) is 5.84 Å². The van der Waals surface area contributed by atoms with Gasteiger partial charge in [0.2, 0.25) is 0 Å². The molecule has 5 nitrogen and oxygen atoms in total. The van der Waals surface area contributed by atoms with E-state index in [1.54, 1.807) is 0 Å². The van der Waals surface area contributed by atoms with Crippen molar-refractivity contribution in [2.75, 3.05) is 13.1 Å². The molecular formula is C11H18N4OS. The summed E-state index contributed by atoms with van der Waals surface area (Å²) in [7, 11) is 0. The van der Waals surface area contributed by atoms with E-state index in [0.29, 0.717) is 4.88 Å². The highest BCUT2D eigenvalue weighted by molar-refractivity contribution is 7.12. The summed E-state index contributed by atoms with van der Waals surface area (Å²) < 4.78 is 0. The van der Waals surface area contributed by atoms with Gasteiger partial charge in [-0.15, -0.1) is 11.3 Å². The average Bonchev–Trinajstić information content (AvgIpc) is 2.76. The van der Waals surface area contributed by atoms with Gasteiger partial charge in [0.15, 0.2) is 0 Å². The van der Waals surface area contributed by atoms with E-state index in [-0.39, 0.29) is 11.9 Å². The summed E-state index contributed by atoms with van der Waals surface area (Å²) in [5, 5.41) is 1.92. The smallest absolute Gasteiger partial charge is 0.275 e. The van der Waals surface area contributed by atoms with Gasteiger partial charge in [0.25, 0.3) is 5.91 Å². The third-order valence-corrected chi connectivity index (χ3v) is 3.98. The molecule has 1 saturated heterocycles. The summed E-state index contributed by atoms with van der Waals surface area (Å²) in [5.41, 5.74) is 9.16. The van der Waals surface area contributed by atoms with Gasteiger partial charge in [0, 0.05) is 19.1 Å². The molecule has 1 aliphatic heterocycles. The quantitative estimate of drug-likeness (QED) is 0.411. The number of piperidine rings is 1. The maximum Gasteiger partial charge on any atom is 0.275 e. The molecule has 0 aromatic carbocycles. The number of carbonyl (C=O) groups excluding carboxylic acids is 1. The fourth-order valence-corrected chi connectivity index (χ4v) is 3.02. The Morgan fingerprint density at radius 2 is 2.47 bits per heavy atom. The first-order chi connectivity index (χ1) is 8.20. The summed E-state index contributed by atoms with van der Waals surface area (Å²) >= 11 is 1.42. The van der Waals surface area contributed by atoms with Crippen LogP contribution in [0.1, 0.15) is 28.1 Å². The summed E-state index contributed by atoms with van der Waals surface area (Å²) in [6.07, 6.45) is 2.22. The molecule has 1 amide bonds. The second kappa shape index (κ2) is 5.59. The molecule has 17 heavy (non-hydrogen) atoms. The van der Waals surface area contributed by atoms with Crippen molar-refractivity contribution in [3.63, 3.8) is 0 Å². The van der Waals surface area contributed by atoms with Crippen molar-refractivity contribution in [3.8, 4) is 0 Å². The van der Waals surface area contributed by atoms with Crippen LogP contribution in [0.2, 0.25) is 0 Å². The highest BCUT2D eigenvalue weighted by atomic mass is 32.1. The largest absolute Gasteiger partial charge is 0.327 e. The zero-order valence-corrected chi connectivity index (χ0v) is 10.5. The molecule has 0 saturated carbocycles. The van der Waals surface area contributed by atoms with E-state index >= 15 is 0 Å². The Hall–Kier alpha value is -0.950. The number of hydrogen-bond donors (Lipinski definition) is 3. The Bertz CT molecular complexity index is 393. The predicted molar refractivity (Wildman–Crippen MR) is 68.5 cm³/mol. The number of nitrogen functional groups attached to an aromatic ring is 1. The fraction of sp³-hybridized carbons (Fsp3) is 0.545. The monoisotopic (exact) mass is 254 g/mol. The van der Waals surface area contributed by atoms with Gasteiger partial charge >= 0.3 is 0 Å². The van der Waals surface area contributed by atoms with Crippen molar-refractivity contribution in [3.05, 3.63) is 21.9 Å². The summed E-state index contributed by atoms with van der Waals surface area (Å²) in [4.78, 5) is 14.5. The topological polar surface area (TPSA) is 84.4 Å². The number of nitrogens with one attached hydrogen (secondary N) is 1. The molecular weight excluding hydrogens is 236 g/mol. The maximum atomic E-state index is 11.5. The Morgan fingerprint density at radius 1 is 1.65 bits per heavy atom. The maximum absolute atomic E-state index is 11.5. The first kappa shape index (κ1) is 12.5. The minimum Gasteiger partial charge on any atom is -0.327 e. The molecule has 1 aromatic heterocycles. The van der Waals surface area contributed by atoms with Crippen molar-refractivity contribution >= 4 is 17.2 Å². The minimum atomic E-state index is -0.212. The zero-order valence-electron chi connectivity index (χ0n) is 9.69. The van der Waals surface area contributed by atoms with Crippen LogP contribution in [-0.4, -0.2) is 29.9 Å². The van der Waals surface area contributed by atoms with Crippen LogP contribution < -0.4 is 17.0 Å². The van der Waals surface area contributed by atoms with Crippen molar-refractivity contribution < 1.29 is 4.79 Å². The van der Waals surface area contributed by atoms with Gasteiger partial charge in [-0.05, 0) is 36.4 Å². The highest BCUT2D eigenvalue weighted by Crippen LogP contribution is 2.20. The number of hydrogen-bond acceptors (Lipinski definition) is 5. The summed E-state index contributed by atoms with van der Waals surface area (Å²) in [6, 6.07) is 2.24. The van der Waals surface area contributed by atoms with Gasteiger partial charge in [0.05, 0.1) is 4.88 Å². The minimum absolute atomic E-state index is 0.212. The Morgan fingerprint density at radius 3 is 3.18 bits per heavy atom. The first-order valence-electron chi connectivity index (χ1n) is 5.76. The van der Waals surface area contributed by atoms with Crippen LogP contribution in [0.25, 0.3) is 0 Å². The second-order valence-electron chi connectivity index (χ2n) is 4.39. The van der Waals surface area contributed by atoms with Gasteiger partial charge in [-0.1, -0.05) is 0 Å². The number of carbonyl (C=O) groups is 1. The standard InChI is InChI=1S/C11H18N4OS/c12-9-2-1-4-15(7-9)6-8-3-5-17-10(8)11(16)14-13/h3,5,9H,1-2,4,6-7,12-13H2,(H,14,16). The molecule has 0 aliphatic carbocycles. The van der Waals surface area contributed by atoms with E-state index in [9.17, 15) is 4.79 Å². The first-order valence-corrected chi connectivity index (χ1v) is 6.64. The number of hydrazine groups is 1. The van der Waals surface area contributed by atoms with Crippen LogP contribution in [0.15, 0.2) is 11.4 Å². The SMILES string of the molecule is NNC(=O)c1sccc1CN1CCCC(N)C1. The van der Waals surface area contributed by atoms with E-state index in [4.69, 9.17) is 11.6 Å². The molecule has 5 N–H and O–H groups in total. The number of nitrogens with two attached hydrogens (primary N) is 2. The third kappa shape index (κ3) is 3.04. The van der Waals surface area contributed by atoms with Gasteiger partial charge in [-0.3, -0.25) is 15.1 Å². The van der Waals surface area contributed by atoms with Gasteiger partial charge < -0.3 is 5.73 Å². The van der Waals surface area contributed by atoms with E-state index in [1.807, 2.05) is 11.4 Å². The van der Waals surface area contributed by atoms with Gasteiger partial charge in [-0.2, -0.15) is 0 Å². The van der Waals surface area contributed by atoms with E-state index in [1.165, 1.54) is 11.3 Å². The van der Waals surface area contributed by atoms with Crippen LogP contribution in [0, 0.1) is 0 Å². The number of nitrogens with zero attached hydrogens (tertiary/aromatic N) is 1. The van der Waals surface area contributed by atoms with Crippen molar-refractivity contribution in [1.29, 1.82) is 0 Å². The number of amides is 1. The zero-order chi connectivity index (χ0) is 12.3. The lowest BCUT2D eigenvalue weighted by Crippen LogP contribution is -2.42. The number of thiophene rings is 1. The van der Waals surface area contributed by atoms with Crippen molar-refractivity contribution in [2.24, 2.45) is 11.6 Å². The molecule has 1 aliphatic rings. The molecule has 2 heterocycles. The number of likely N-dealkylation sites (tertiary alicyclic amines) is 1. The Kier molecular flexibility index (Phi) is 4.11. The van der Waals surface area contributed by atoms with Crippen molar-refractivity contribution in [1.82, 2.24) is 10.3 Å².